The molecule has 1 aromatic heterocycles. The van der Waals surface area contributed by atoms with Gasteiger partial charge in [-0.15, -0.1) is 10.2 Å². The molecule has 0 aliphatic carbocycles. The minimum atomic E-state index is -0.242. The third-order valence-electron chi connectivity index (χ3n) is 3.79. The molecule has 0 saturated carbocycles. The number of carbonyl (C=O) groups excluding carboxylic acids is 1. The predicted molar refractivity (Wildman–Crippen MR) is 85.7 cm³/mol. The normalized spacial score (nSPS) is 14.3. The quantitative estimate of drug-likeness (QED) is 0.908. The summed E-state index contributed by atoms with van der Waals surface area (Å²) in [6.45, 7) is 0.839. The Bertz CT molecular complexity index is 697. The third-order valence-corrected chi connectivity index (χ3v) is 4.12. The number of aromatic nitrogens is 3. The molecule has 3 rings (SSSR count). The summed E-state index contributed by atoms with van der Waals surface area (Å²) >= 11 is 6.32. The highest BCUT2D eigenvalue weighted by atomic mass is 35.5. The van der Waals surface area contributed by atoms with E-state index in [1.807, 2.05) is 6.07 Å². The van der Waals surface area contributed by atoms with E-state index in [1.54, 1.807) is 12.1 Å². The molecule has 1 amide bonds. The average molecular weight is 320 g/mol. The first kappa shape index (κ1) is 15.0. The molecule has 0 saturated heterocycles. The molecule has 22 heavy (non-hydrogen) atoms. The SMILES string of the molecule is NCC(=O)Nc1ccc(Cl)c(-c2nnc3n2CCCCC3)c1. The number of anilines is 1. The molecule has 0 spiro atoms. The van der Waals surface area contributed by atoms with E-state index in [2.05, 4.69) is 20.1 Å². The van der Waals surface area contributed by atoms with Crippen LogP contribution in [-0.2, 0) is 17.8 Å². The number of aryl methyl sites for hydroxylation is 1. The summed E-state index contributed by atoms with van der Waals surface area (Å²) in [5.41, 5.74) is 6.76. The van der Waals surface area contributed by atoms with Gasteiger partial charge in [0.05, 0.1) is 11.6 Å². The van der Waals surface area contributed by atoms with Gasteiger partial charge in [-0.1, -0.05) is 18.0 Å². The Morgan fingerprint density at radius 2 is 2.18 bits per heavy atom. The van der Waals surface area contributed by atoms with Gasteiger partial charge in [0.15, 0.2) is 5.82 Å². The van der Waals surface area contributed by atoms with E-state index >= 15 is 0 Å². The predicted octanol–water partition coefficient (Wildman–Crippen LogP) is 2.22. The smallest absolute Gasteiger partial charge is 0.238 e. The molecular weight excluding hydrogens is 302 g/mol. The molecule has 1 aliphatic heterocycles. The molecule has 0 unspecified atom stereocenters. The molecule has 3 N–H and O–H groups in total. The lowest BCUT2D eigenvalue weighted by Crippen LogP contribution is -2.21. The zero-order valence-electron chi connectivity index (χ0n) is 12.2. The van der Waals surface area contributed by atoms with Crippen LogP contribution in [0.1, 0.15) is 25.1 Å². The molecule has 2 heterocycles. The number of nitrogens with one attached hydrogen (secondary N) is 1. The van der Waals surface area contributed by atoms with Gasteiger partial charge in [-0.3, -0.25) is 4.79 Å². The largest absolute Gasteiger partial charge is 0.325 e. The molecule has 0 fully saturated rings. The fourth-order valence-corrected chi connectivity index (χ4v) is 2.87. The summed E-state index contributed by atoms with van der Waals surface area (Å²) in [5.74, 6) is 1.51. The van der Waals surface area contributed by atoms with Crippen LogP contribution in [0.4, 0.5) is 5.69 Å². The Labute approximate surface area is 133 Å². The van der Waals surface area contributed by atoms with Crippen LogP contribution in [0, 0.1) is 0 Å². The molecule has 2 aromatic rings. The number of amides is 1. The van der Waals surface area contributed by atoms with Crippen LogP contribution in [0.2, 0.25) is 5.02 Å². The molecular formula is C15H18ClN5O. The Morgan fingerprint density at radius 1 is 1.32 bits per heavy atom. The van der Waals surface area contributed by atoms with Gasteiger partial charge >= 0.3 is 0 Å². The van der Waals surface area contributed by atoms with Crippen molar-refractivity contribution in [3.63, 3.8) is 0 Å². The van der Waals surface area contributed by atoms with Crippen LogP contribution >= 0.6 is 11.6 Å². The van der Waals surface area contributed by atoms with Crippen molar-refractivity contribution in [3.05, 3.63) is 29.0 Å². The molecule has 1 aromatic carbocycles. The molecule has 116 valence electrons. The first-order valence-corrected chi connectivity index (χ1v) is 7.79. The monoisotopic (exact) mass is 319 g/mol. The van der Waals surface area contributed by atoms with Crippen molar-refractivity contribution in [3.8, 4) is 11.4 Å². The lowest BCUT2D eigenvalue weighted by Gasteiger charge is -2.10. The summed E-state index contributed by atoms with van der Waals surface area (Å²) in [5, 5.41) is 11.9. The Kier molecular flexibility index (Phi) is 4.40. The summed E-state index contributed by atoms with van der Waals surface area (Å²) in [6, 6.07) is 5.32. The van der Waals surface area contributed by atoms with Crippen molar-refractivity contribution in [2.75, 3.05) is 11.9 Å². The highest BCUT2D eigenvalue weighted by molar-refractivity contribution is 6.33. The summed E-state index contributed by atoms with van der Waals surface area (Å²) < 4.78 is 2.13. The van der Waals surface area contributed by atoms with E-state index in [-0.39, 0.29) is 12.5 Å². The molecule has 0 atom stereocenters. The van der Waals surface area contributed by atoms with Gasteiger partial charge in [-0.2, -0.15) is 0 Å². The summed E-state index contributed by atoms with van der Waals surface area (Å²) in [6.07, 6.45) is 4.38. The fraction of sp³-hybridized carbons (Fsp3) is 0.400. The topological polar surface area (TPSA) is 85.8 Å². The first-order valence-electron chi connectivity index (χ1n) is 7.41. The van der Waals surface area contributed by atoms with Crippen LogP contribution < -0.4 is 11.1 Å². The second kappa shape index (κ2) is 6.46. The van der Waals surface area contributed by atoms with Crippen molar-refractivity contribution in [1.82, 2.24) is 14.8 Å². The van der Waals surface area contributed by atoms with E-state index in [0.717, 1.165) is 43.0 Å². The van der Waals surface area contributed by atoms with Crippen molar-refractivity contribution >= 4 is 23.2 Å². The van der Waals surface area contributed by atoms with Crippen molar-refractivity contribution in [1.29, 1.82) is 0 Å². The first-order chi connectivity index (χ1) is 10.7. The maximum Gasteiger partial charge on any atom is 0.238 e. The number of benzene rings is 1. The third kappa shape index (κ3) is 2.98. The number of hydrogen-bond acceptors (Lipinski definition) is 4. The average Bonchev–Trinajstić information content (AvgIpc) is 2.77. The maximum atomic E-state index is 11.4. The Hall–Kier alpha value is -1.92. The second-order valence-electron chi connectivity index (χ2n) is 5.35. The number of rotatable bonds is 3. The van der Waals surface area contributed by atoms with Gasteiger partial charge in [-0.25, -0.2) is 0 Å². The molecule has 6 nitrogen and oxygen atoms in total. The number of halogens is 1. The van der Waals surface area contributed by atoms with Crippen molar-refractivity contribution in [2.45, 2.75) is 32.2 Å². The van der Waals surface area contributed by atoms with Gasteiger partial charge in [0.2, 0.25) is 5.91 Å². The number of hydrogen-bond donors (Lipinski definition) is 2. The van der Waals surface area contributed by atoms with Gasteiger partial charge in [0.25, 0.3) is 0 Å². The maximum absolute atomic E-state index is 11.4. The van der Waals surface area contributed by atoms with Gasteiger partial charge < -0.3 is 15.6 Å². The van der Waals surface area contributed by atoms with Gasteiger partial charge in [0, 0.05) is 24.2 Å². The van der Waals surface area contributed by atoms with E-state index in [0.29, 0.717) is 10.7 Å². The number of carbonyl (C=O) groups is 1. The van der Waals surface area contributed by atoms with Gasteiger partial charge in [0.1, 0.15) is 5.82 Å². The van der Waals surface area contributed by atoms with E-state index < -0.39 is 0 Å². The lowest BCUT2D eigenvalue weighted by molar-refractivity contribution is -0.114. The van der Waals surface area contributed by atoms with Crippen LogP contribution in [-0.4, -0.2) is 27.2 Å². The molecule has 1 aliphatic rings. The van der Waals surface area contributed by atoms with Crippen LogP contribution in [0.5, 0.6) is 0 Å². The second-order valence-corrected chi connectivity index (χ2v) is 5.76. The van der Waals surface area contributed by atoms with Crippen LogP contribution in [0.3, 0.4) is 0 Å². The summed E-state index contributed by atoms with van der Waals surface area (Å²) in [7, 11) is 0. The van der Waals surface area contributed by atoms with Gasteiger partial charge in [-0.05, 0) is 31.0 Å². The minimum absolute atomic E-state index is 0.0573. The van der Waals surface area contributed by atoms with E-state index in [1.165, 1.54) is 6.42 Å². The lowest BCUT2D eigenvalue weighted by atomic mass is 10.1. The van der Waals surface area contributed by atoms with E-state index in [4.69, 9.17) is 17.3 Å². The fourth-order valence-electron chi connectivity index (χ4n) is 2.67. The molecule has 0 radical (unpaired) electrons. The van der Waals surface area contributed by atoms with Crippen LogP contribution in [0.25, 0.3) is 11.4 Å². The zero-order valence-corrected chi connectivity index (χ0v) is 12.9. The Balaban J connectivity index is 1.99. The Morgan fingerprint density at radius 3 is 3.00 bits per heavy atom. The number of fused-ring (bicyclic) bond motifs is 1. The highest BCUT2D eigenvalue weighted by Crippen LogP contribution is 2.31. The highest BCUT2D eigenvalue weighted by Gasteiger charge is 2.18. The molecule has 7 heteroatoms. The minimum Gasteiger partial charge on any atom is -0.325 e. The van der Waals surface area contributed by atoms with Crippen molar-refractivity contribution in [2.24, 2.45) is 5.73 Å². The van der Waals surface area contributed by atoms with Crippen molar-refractivity contribution < 1.29 is 4.79 Å². The van der Waals surface area contributed by atoms with E-state index in [9.17, 15) is 4.79 Å². The number of nitrogens with zero attached hydrogens (tertiary/aromatic N) is 3. The summed E-state index contributed by atoms with van der Waals surface area (Å²) in [4.78, 5) is 11.4. The molecule has 0 bridgehead atoms. The number of nitrogens with two attached hydrogens (primary N) is 1. The zero-order chi connectivity index (χ0) is 15.5. The standard InChI is InChI=1S/C15H18ClN5O/c16-12-6-5-10(18-14(22)9-17)8-11(12)15-20-19-13-4-2-1-3-7-21(13)15/h5-6,8H,1-4,7,9,17H2,(H,18,22). The van der Waals surface area contributed by atoms with Crippen LogP contribution in [0.15, 0.2) is 18.2 Å².